The van der Waals surface area contributed by atoms with Crippen molar-refractivity contribution >= 4 is 17.5 Å². The number of anilines is 1. The zero-order chi connectivity index (χ0) is 23.6. The van der Waals surface area contributed by atoms with Crippen LogP contribution in [0.25, 0.3) is 11.4 Å². The van der Waals surface area contributed by atoms with Gasteiger partial charge in [-0.15, -0.1) is 0 Å². The van der Waals surface area contributed by atoms with Crippen molar-refractivity contribution in [2.75, 3.05) is 18.4 Å². The Hall–Kier alpha value is -3.69. The van der Waals surface area contributed by atoms with Crippen molar-refractivity contribution in [3.8, 4) is 11.4 Å². The van der Waals surface area contributed by atoms with E-state index in [1.165, 1.54) is 12.1 Å². The summed E-state index contributed by atoms with van der Waals surface area (Å²) >= 11 is 0. The molecule has 0 saturated carbocycles. The fraction of sp³-hybridized carbons (Fsp3) is 0.304. The van der Waals surface area contributed by atoms with Gasteiger partial charge < -0.3 is 14.7 Å². The quantitative estimate of drug-likeness (QED) is 0.620. The van der Waals surface area contributed by atoms with Crippen LogP contribution < -0.4 is 5.32 Å². The summed E-state index contributed by atoms with van der Waals surface area (Å²) in [5.74, 6) is 0.191. The number of benzene rings is 2. The standard InChI is InChI=1S/C23H21F3N4O3/c1-14-27-20(29-33-14)15-2-4-17(5-3-15)22(32)30-12-10-16(11-13-30)21(31)28-19-8-6-18(7-9-19)23(24,25)26/h2-9,16H,10-13H2,1H3,(H,28,31). The molecule has 0 spiro atoms. The summed E-state index contributed by atoms with van der Waals surface area (Å²) in [6.07, 6.45) is -3.48. The van der Waals surface area contributed by atoms with Crippen LogP contribution in [-0.4, -0.2) is 39.9 Å². The summed E-state index contributed by atoms with van der Waals surface area (Å²) < 4.78 is 43.0. The molecule has 10 heteroatoms. The number of hydrogen-bond acceptors (Lipinski definition) is 5. The lowest BCUT2D eigenvalue weighted by Crippen LogP contribution is -2.41. The van der Waals surface area contributed by atoms with Gasteiger partial charge in [0, 0.05) is 42.7 Å². The second-order valence-corrected chi connectivity index (χ2v) is 7.85. The highest BCUT2D eigenvalue weighted by Crippen LogP contribution is 2.30. The van der Waals surface area contributed by atoms with E-state index >= 15 is 0 Å². The van der Waals surface area contributed by atoms with E-state index in [9.17, 15) is 22.8 Å². The van der Waals surface area contributed by atoms with Gasteiger partial charge in [-0.1, -0.05) is 17.3 Å². The third-order valence-corrected chi connectivity index (χ3v) is 5.55. The lowest BCUT2D eigenvalue weighted by atomic mass is 9.95. The molecule has 0 atom stereocenters. The summed E-state index contributed by atoms with van der Waals surface area (Å²) in [5, 5.41) is 6.51. The molecule has 2 amide bonds. The molecule has 0 radical (unpaired) electrons. The summed E-state index contributed by atoms with van der Waals surface area (Å²) in [5.41, 5.74) is 0.796. The van der Waals surface area contributed by atoms with Crippen molar-refractivity contribution < 1.29 is 27.3 Å². The molecule has 2 aromatic carbocycles. The Morgan fingerprint density at radius 2 is 1.67 bits per heavy atom. The van der Waals surface area contributed by atoms with Crippen LogP contribution in [0.5, 0.6) is 0 Å². The lowest BCUT2D eigenvalue weighted by Gasteiger charge is -2.31. The molecular formula is C23H21F3N4O3. The average molecular weight is 458 g/mol. The zero-order valence-electron chi connectivity index (χ0n) is 17.7. The van der Waals surface area contributed by atoms with Crippen LogP contribution in [0, 0.1) is 12.8 Å². The summed E-state index contributed by atoms with van der Waals surface area (Å²) in [7, 11) is 0. The van der Waals surface area contributed by atoms with E-state index in [-0.39, 0.29) is 17.7 Å². The number of alkyl halides is 3. The van der Waals surface area contributed by atoms with Crippen LogP contribution in [-0.2, 0) is 11.0 Å². The van der Waals surface area contributed by atoms with E-state index < -0.39 is 11.7 Å². The van der Waals surface area contributed by atoms with Gasteiger partial charge in [-0.3, -0.25) is 9.59 Å². The zero-order valence-corrected chi connectivity index (χ0v) is 17.7. The van der Waals surface area contributed by atoms with Gasteiger partial charge >= 0.3 is 6.18 Å². The molecule has 2 heterocycles. The molecule has 1 aromatic heterocycles. The van der Waals surface area contributed by atoms with Crippen molar-refractivity contribution in [2.45, 2.75) is 25.9 Å². The number of rotatable bonds is 4. The monoisotopic (exact) mass is 458 g/mol. The molecule has 0 bridgehead atoms. The van der Waals surface area contributed by atoms with Crippen molar-refractivity contribution in [1.29, 1.82) is 0 Å². The van der Waals surface area contributed by atoms with Crippen molar-refractivity contribution in [2.24, 2.45) is 5.92 Å². The maximum Gasteiger partial charge on any atom is 0.416 e. The number of piperidine rings is 1. The van der Waals surface area contributed by atoms with E-state index in [1.54, 1.807) is 36.1 Å². The van der Waals surface area contributed by atoms with E-state index in [2.05, 4.69) is 15.5 Å². The molecule has 0 aliphatic carbocycles. The number of carbonyl (C=O) groups is 2. The Morgan fingerprint density at radius 3 is 2.21 bits per heavy atom. The first-order valence-corrected chi connectivity index (χ1v) is 10.4. The summed E-state index contributed by atoms with van der Waals surface area (Å²) in [6.45, 7) is 2.52. The summed E-state index contributed by atoms with van der Waals surface area (Å²) in [6, 6.07) is 11.2. The minimum atomic E-state index is -4.42. The van der Waals surface area contributed by atoms with Crippen molar-refractivity contribution in [3.63, 3.8) is 0 Å². The van der Waals surface area contributed by atoms with Crippen LogP contribution in [0.4, 0.5) is 18.9 Å². The van der Waals surface area contributed by atoms with Gasteiger partial charge in [0.25, 0.3) is 5.91 Å². The van der Waals surface area contributed by atoms with Crippen LogP contribution in [0.15, 0.2) is 53.1 Å². The predicted octanol–water partition coefficient (Wildman–Crippen LogP) is 4.55. The first kappa shape index (κ1) is 22.5. The van der Waals surface area contributed by atoms with Gasteiger partial charge in [-0.2, -0.15) is 18.2 Å². The Morgan fingerprint density at radius 1 is 1.03 bits per heavy atom. The molecule has 7 nitrogen and oxygen atoms in total. The number of likely N-dealkylation sites (tertiary alicyclic amines) is 1. The molecule has 4 rings (SSSR count). The van der Waals surface area contributed by atoms with E-state index in [0.29, 0.717) is 48.9 Å². The minimum Gasteiger partial charge on any atom is -0.339 e. The highest BCUT2D eigenvalue weighted by molar-refractivity contribution is 5.95. The number of nitrogens with zero attached hydrogens (tertiary/aromatic N) is 3. The number of nitrogens with one attached hydrogen (secondary N) is 1. The second-order valence-electron chi connectivity index (χ2n) is 7.85. The highest BCUT2D eigenvalue weighted by atomic mass is 19.4. The van der Waals surface area contributed by atoms with Gasteiger partial charge in [0.2, 0.25) is 17.6 Å². The molecule has 172 valence electrons. The first-order valence-electron chi connectivity index (χ1n) is 10.4. The Labute approximate surface area is 187 Å². The SMILES string of the molecule is Cc1nc(-c2ccc(C(=O)N3CCC(C(=O)Nc4ccc(C(F)(F)F)cc4)CC3)cc2)no1. The predicted molar refractivity (Wildman–Crippen MR) is 113 cm³/mol. The van der Waals surface area contributed by atoms with Crippen molar-refractivity contribution in [1.82, 2.24) is 15.0 Å². The Bertz CT molecular complexity index is 1130. The molecule has 3 aromatic rings. The maximum atomic E-state index is 12.8. The number of hydrogen-bond donors (Lipinski definition) is 1. The molecule has 33 heavy (non-hydrogen) atoms. The van der Waals surface area contributed by atoms with Crippen LogP contribution >= 0.6 is 0 Å². The Kier molecular flexibility index (Phi) is 6.17. The topological polar surface area (TPSA) is 88.3 Å². The van der Waals surface area contributed by atoms with E-state index in [4.69, 9.17) is 4.52 Å². The second kappa shape index (κ2) is 9.05. The number of amides is 2. The number of carbonyl (C=O) groups excluding carboxylic acids is 2. The van der Waals surface area contributed by atoms with E-state index in [1.807, 2.05) is 0 Å². The van der Waals surface area contributed by atoms with Crippen LogP contribution in [0.1, 0.15) is 34.7 Å². The largest absolute Gasteiger partial charge is 0.416 e. The number of aromatic nitrogens is 2. The lowest BCUT2D eigenvalue weighted by molar-refractivity contribution is -0.137. The molecule has 1 aliphatic heterocycles. The first-order chi connectivity index (χ1) is 15.7. The fourth-order valence-electron chi connectivity index (χ4n) is 3.69. The molecule has 1 aliphatic rings. The van der Waals surface area contributed by atoms with E-state index in [0.717, 1.165) is 17.7 Å². The normalized spacial score (nSPS) is 14.8. The highest BCUT2D eigenvalue weighted by Gasteiger charge is 2.31. The molecule has 1 N–H and O–H groups in total. The van der Waals surface area contributed by atoms with Crippen LogP contribution in [0.3, 0.4) is 0 Å². The summed E-state index contributed by atoms with van der Waals surface area (Å²) in [4.78, 5) is 31.2. The molecular weight excluding hydrogens is 437 g/mol. The van der Waals surface area contributed by atoms with Gasteiger partial charge in [0.1, 0.15) is 0 Å². The van der Waals surface area contributed by atoms with Gasteiger partial charge in [0.15, 0.2) is 0 Å². The molecule has 1 fully saturated rings. The maximum absolute atomic E-state index is 12.8. The van der Waals surface area contributed by atoms with Gasteiger partial charge in [0.05, 0.1) is 5.56 Å². The third kappa shape index (κ3) is 5.21. The number of halogens is 3. The minimum absolute atomic E-state index is 0.132. The third-order valence-electron chi connectivity index (χ3n) is 5.55. The average Bonchev–Trinajstić information content (AvgIpc) is 3.25. The fourth-order valence-corrected chi connectivity index (χ4v) is 3.69. The van der Waals surface area contributed by atoms with Gasteiger partial charge in [-0.05, 0) is 49.2 Å². The van der Waals surface area contributed by atoms with Gasteiger partial charge in [-0.25, -0.2) is 0 Å². The number of aryl methyl sites for hydroxylation is 1. The molecule has 1 saturated heterocycles. The smallest absolute Gasteiger partial charge is 0.339 e. The Balaban J connectivity index is 1.30. The molecule has 0 unspecified atom stereocenters. The van der Waals surface area contributed by atoms with Crippen molar-refractivity contribution in [3.05, 3.63) is 65.5 Å². The van der Waals surface area contributed by atoms with Crippen LogP contribution in [0.2, 0.25) is 0 Å².